The summed E-state index contributed by atoms with van der Waals surface area (Å²) in [7, 11) is 1.44. The molecule has 0 spiro atoms. The Labute approximate surface area is 416 Å². The van der Waals surface area contributed by atoms with E-state index in [1.165, 1.54) is 64.2 Å². The lowest BCUT2D eigenvalue weighted by Crippen LogP contribution is -2.37. The highest BCUT2D eigenvalue weighted by molar-refractivity contribution is 7.47. The Morgan fingerprint density at radius 1 is 0.456 bits per heavy atom. The van der Waals surface area contributed by atoms with E-state index in [2.05, 4.69) is 123 Å². The highest BCUT2D eigenvalue weighted by Crippen LogP contribution is 2.43. The van der Waals surface area contributed by atoms with Gasteiger partial charge in [-0.25, -0.2) is 4.57 Å². The fraction of sp³-hybridized carbons (Fsp3) is 0.655. The second-order valence-corrected chi connectivity index (χ2v) is 19.9. The van der Waals surface area contributed by atoms with Gasteiger partial charge in [0.1, 0.15) is 19.8 Å². The lowest BCUT2D eigenvalue weighted by atomic mass is 10.0. The number of carbonyl (C=O) groups is 2. The van der Waals surface area contributed by atoms with E-state index < -0.39 is 26.5 Å². The van der Waals surface area contributed by atoms with Gasteiger partial charge in [-0.2, -0.15) is 0 Å². The van der Waals surface area contributed by atoms with Gasteiger partial charge in [0.05, 0.1) is 27.7 Å². The van der Waals surface area contributed by atoms with E-state index in [0.29, 0.717) is 17.4 Å². The van der Waals surface area contributed by atoms with E-state index in [9.17, 15) is 19.0 Å². The summed E-state index contributed by atoms with van der Waals surface area (Å²) in [5.74, 6) is -0.845. The SMILES string of the molecule is CC/C=C\C/C=C\C/C=C\C/C=C\C/C=C\CCCCCC(=O)OC(COC(=O)CCCCCCCCCCCCCC/C=C\C/C=C\C/C=C\C/C=C\CC)COP(=O)(O)OCC[N+](C)(C)C. The van der Waals surface area contributed by atoms with E-state index in [-0.39, 0.29) is 32.0 Å². The second-order valence-electron chi connectivity index (χ2n) is 18.5. The van der Waals surface area contributed by atoms with Gasteiger partial charge < -0.3 is 18.9 Å². The zero-order chi connectivity index (χ0) is 49.9. The van der Waals surface area contributed by atoms with Crippen molar-refractivity contribution in [3.05, 3.63) is 109 Å². The molecule has 0 heterocycles. The van der Waals surface area contributed by atoms with Gasteiger partial charge in [0, 0.05) is 12.8 Å². The van der Waals surface area contributed by atoms with E-state index in [0.717, 1.165) is 96.3 Å². The van der Waals surface area contributed by atoms with Crippen molar-refractivity contribution in [1.82, 2.24) is 0 Å². The quantitative estimate of drug-likeness (QED) is 0.0211. The van der Waals surface area contributed by atoms with E-state index >= 15 is 0 Å². The summed E-state index contributed by atoms with van der Waals surface area (Å²) >= 11 is 0. The van der Waals surface area contributed by atoms with Gasteiger partial charge in [0.25, 0.3) is 0 Å². The predicted octanol–water partition coefficient (Wildman–Crippen LogP) is 16.2. The molecular weight excluding hydrogens is 870 g/mol. The van der Waals surface area contributed by atoms with Crippen LogP contribution in [0.2, 0.25) is 0 Å². The van der Waals surface area contributed by atoms with E-state index in [1.807, 2.05) is 21.1 Å². The van der Waals surface area contributed by atoms with Crippen LogP contribution in [0.25, 0.3) is 0 Å². The Bertz CT molecular complexity index is 1520. The third-order valence-electron chi connectivity index (χ3n) is 10.8. The molecule has 0 saturated heterocycles. The highest BCUT2D eigenvalue weighted by atomic mass is 31.2. The molecule has 0 aromatic rings. The maximum Gasteiger partial charge on any atom is 0.472 e. The average Bonchev–Trinajstić information content (AvgIpc) is 3.30. The first-order valence-corrected chi connectivity index (χ1v) is 28.1. The number of nitrogens with zero attached hydrogens (tertiary/aromatic N) is 1. The Balaban J connectivity index is 4.28. The van der Waals surface area contributed by atoms with Gasteiger partial charge in [0.2, 0.25) is 0 Å². The normalized spacial score (nSPS) is 14.3. The first-order chi connectivity index (χ1) is 33.0. The van der Waals surface area contributed by atoms with Gasteiger partial charge in [0.15, 0.2) is 6.10 Å². The summed E-state index contributed by atoms with van der Waals surface area (Å²) in [5, 5.41) is 0. The number of phosphoric ester groups is 1. The van der Waals surface area contributed by atoms with Crippen LogP contribution >= 0.6 is 7.82 Å². The van der Waals surface area contributed by atoms with Crippen LogP contribution in [0.3, 0.4) is 0 Å². The molecule has 2 unspecified atom stereocenters. The molecule has 9 nitrogen and oxygen atoms in total. The Kier molecular flexibility index (Phi) is 46.3. The van der Waals surface area contributed by atoms with Crippen LogP contribution in [0.4, 0.5) is 0 Å². The van der Waals surface area contributed by atoms with Crippen molar-refractivity contribution in [2.75, 3.05) is 47.5 Å². The third kappa shape index (κ3) is 52.0. The zero-order valence-corrected chi connectivity index (χ0v) is 44.7. The molecule has 0 fully saturated rings. The smallest absolute Gasteiger partial charge is 0.462 e. The van der Waals surface area contributed by atoms with Crippen LogP contribution in [0.5, 0.6) is 0 Å². The molecule has 0 aliphatic heterocycles. The first-order valence-electron chi connectivity index (χ1n) is 26.6. The summed E-state index contributed by atoms with van der Waals surface area (Å²) < 4.78 is 34.4. The van der Waals surface area contributed by atoms with Crippen LogP contribution in [-0.2, 0) is 32.7 Å². The molecule has 0 bridgehead atoms. The predicted molar refractivity (Wildman–Crippen MR) is 288 cm³/mol. The number of hydrogen-bond acceptors (Lipinski definition) is 7. The molecule has 10 heteroatoms. The second kappa shape index (κ2) is 48.7. The van der Waals surface area contributed by atoms with E-state index in [1.54, 1.807) is 0 Å². The average molecular weight is 969 g/mol. The molecule has 0 aromatic carbocycles. The van der Waals surface area contributed by atoms with Gasteiger partial charge in [-0.1, -0.05) is 194 Å². The van der Waals surface area contributed by atoms with Crippen molar-refractivity contribution in [2.45, 2.75) is 200 Å². The molecule has 2 atom stereocenters. The number of hydrogen-bond donors (Lipinski definition) is 1. The lowest BCUT2D eigenvalue weighted by molar-refractivity contribution is -0.870. The molecule has 0 rings (SSSR count). The van der Waals surface area contributed by atoms with Crippen molar-refractivity contribution < 1.29 is 42.1 Å². The standard InChI is InChI=1S/C58H98NO8P/c1-6-8-10-12-14-16-18-20-22-24-26-27-28-29-30-31-33-34-36-38-40-42-44-46-48-50-57(60)64-54-56(55-66-68(62,63)65-53-52-59(3,4)5)67-58(61)51-49-47-45-43-41-39-37-35-32-25-23-21-19-17-15-13-11-9-7-2/h8-11,14-17,20-23,26-27,32,35,39,41,56H,6-7,12-13,18-19,24-25,28-31,33-34,36-38,40,42-55H2,1-5H3/p+1/b10-8-,11-9-,16-14-,17-15-,22-20-,23-21-,27-26-,35-32-,41-39-. The fourth-order valence-electron chi connectivity index (χ4n) is 6.74. The number of unbranched alkanes of at least 4 members (excludes halogenated alkanes) is 15. The highest BCUT2D eigenvalue weighted by Gasteiger charge is 2.27. The van der Waals surface area contributed by atoms with Crippen molar-refractivity contribution >= 4 is 19.8 Å². The van der Waals surface area contributed by atoms with Gasteiger partial charge in [-0.3, -0.25) is 18.6 Å². The number of esters is 2. The fourth-order valence-corrected chi connectivity index (χ4v) is 7.48. The monoisotopic (exact) mass is 969 g/mol. The van der Waals surface area contributed by atoms with Crippen molar-refractivity contribution in [1.29, 1.82) is 0 Å². The van der Waals surface area contributed by atoms with Crippen LogP contribution in [0.1, 0.15) is 194 Å². The Morgan fingerprint density at radius 3 is 1.19 bits per heavy atom. The summed E-state index contributed by atoms with van der Waals surface area (Å²) in [5.41, 5.74) is 0. The number of allylic oxidation sites excluding steroid dienone is 18. The van der Waals surface area contributed by atoms with E-state index in [4.69, 9.17) is 18.5 Å². The molecule has 0 aliphatic carbocycles. The molecule has 388 valence electrons. The molecule has 0 aromatic heterocycles. The minimum absolute atomic E-state index is 0.0188. The number of carbonyl (C=O) groups excluding carboxylic acids is 2. The number of rotatable bonds is 47. The van der Waals surface area contributed by atoms with Crippen LogP contribution in [0, 0.1) is 0 Å². The van der Waals surface area contributed by atoms with Crippen molar-refractivity contribution in [3.63, 3.8) is 0 Å². The van der Waals surface area contributed by atoms with Crippen LogP contribution in [0.15, 0.2) is 109 Å². The zero-order valence-electron chi connectivity index (χ0n) is 43.8. The molecule has 0 aliphatic rings. The van der Waals surface area contributed by atoms with Crippen molar-refractivity contribution in [3.8, 4) is 0 Å². The number of phosphoric acid groups is 1. The van der Waals surface area contributed by atoms with Crippen LogP contribution in [-0.4, -0.2) is 74.9 Å². The lowest BCUT2D eigenvalue weighted by Gasteiger charge is -2.24. The molecule has 0 amide bonds. The summed E-state index contributed by atoms with van der Waals surface area (Å²) in [6, 6.07) is 0. The van der Waals surface area contributed by atoms with Gasteiger partial charge in [-0.15, -0.1) is 0 Å². The van der Waals surface area contributed by atoms with Crippen LogP contribution < -0.4 is 0 Å². The Hall–Kier alpha value is -3.33. The molecule has 0 radical (unpaired) electrons. The summed E-state index contributed by atoms with van der Waals surface area (Å²) in [4.78, 5) is 35.6. The topological polar surface area (TPSA) is 108 Å². The number of quaternary nitrogens is 1. The van der Waals surface area contributed by atoms with Gasteiger partial charge in [-0.05, 0) is 96.3 Å². The Morgan fingerprint density at radius 2 is 0.794 bits per heavy atom. The van der Waals surface area contributed by atoms with Crippen molar-refractivity contribution in [2.24, 2.45) is 0 Å². The minimum Gasteiger partial charge on any atom is -0.462 e. The molecule has 68 heavy (non-hydrogen) atoms. The molecular formula is C58H99NO8P+. The number of likely N-dealkylation sites (N-methyl/N-ethyl adjacent to an activating group) is 1. The third-order valence-corrected chi connectivity index (χ3v) is 11.8. The van der Waals surface area contributed by atoms with Gasteiger partial charge >= 0.3 is 19.8 Å². The molecule has 0 saturated carbocycles. The largest absolute Gasteiger partial charge is 0.472 e. The minimum atomic E-state index is -4.40. The molecule has 1 N–H and O–H groups in total. The maximum atomic E-state index is 12.8. The summed E-state index contributed by atoms with van der Waals surface area (Å²) in [6.45, 7) is 4.15. The number of ether oxygens (including phenoxy) is 2. The maximum absolute atomic E-state index is 12.8. The first kappa shape index (κ1) is 64.7. The summed E-state index contributed by atoms with van der Waals surface area (Å²) in [6.07, 6.45) is 67.2.